The van der Waals surface area contributed by atoms with Crippen LogP contribution in [-0.2, 0) is 0 Å². The van der Waals surface area contributed by atoms with Crippen molar-refractivity contribution in [2.45, 2.75) is 19.4 Å². The van der Waals surface area contributed by atoms with Gasteiger partial charge in [0.2, 0.25) is 0 Å². The van der Waals surface area contributed by atoms with Crippen LogP contribution in [0.2, 0.25) is 0 Å². The van der Waals surface area contributed by atoms with E-state index in [4.69, 9.17) is 5.11 Å². The third-order valence-corrected chi connectivity index (χ3v) is 2.86. The molecule has 1 aromatic heterocycles. The highest BCUT2D eigenvalue weighted by atomic mass is 32.2. The van der Waals surface area contributed by atoms with Gasteiger partial charge in [-0.25, -0.2) is 4.79 Å². The lowest BCUT2D eigenvalue weighted by atomic mass is 10.2. The number of aromatic carboxylic acids is 1. The molecule has 0 aliphatic rings. The fourth-order valence-electron chi connectivity index (χ4n) is 1.39. The van der Waals surface area contributed by atoms with E-state index in [1.807, 2.05) is 17.7 Å². The molecule has 0 radical (unpaired) electrons. The van der Waals surface area contributed by atoms with Crippen LogP contribution < -0.4 is 0 Å². The van der Waals surface area contributed by atoms with Crippen LogP contribution >= 0.6 is 11.8 Å². The van der Waals surface area contributed by atoms with Gasteiger partial charge in [0.15, 0.2) is 0 Å². The lowest BCUT2D eigenvalue weighted by molar-refractivity contribution is 0.0683. The molecular formula is C10H15NO2S. The van der Waals surface area contributed by atoms with Crippen molar-refractivity contribution in [3.05, 3.63) is 24.0 Å². The van der Waals surface area contributed by atoms with Gasteiger partial charge in [0.25, 0.3) is 0 Å². The minimum absolute atomic E-state index is 0.253. The molecule has 0 aromatic carbocycles. The third kappa shape index (κ3) is 2.54. The van der Waals surface area contributed by atoms with Gasteiger partial charge in [-0.2, -0.15) is 11.8 Å². The Morgan fingerprint density at radius 1 is 1.71 bits per heavy atom. The normalized spacial score (nSPS) is 12.7. The number of carboxylic acids is 1. The molecule has 4 heteroatoms. The van der Waals surface area contributed by atoms with Crippen LogP contribution in [-0.4, -0.2) is 27.7 Å². The first kappa shape index (κ1) is 11.2. The number of hydrogen-bond donors (Lipinski definition) is 1. The van der Waals surface area contributed by atoms with Gasteiger partial charge in [-0.15, -0.1) is 0 Å². The molecule has 0 saturated carbocycles. The Morgan fingerprint density at radius 3 is 3.00 bits per heavy atom. The van der Waals surface area contributed by atoms with Crippen molar-refractivity contribution < 1.29 is 9.90 Å². The van der Waals surface area contributed by atoms with Crippen molar-refractivity contribution in [3.63, 3.8) is 0 Å². The van der Waals surface area contributed by atoms with E-state index < -0.39 is 5.97 Å². The van der Waals surface area contributed by atoms with E-state index in [2.05, 4.69) is 6.26 Å². The summed E-state index contributed by atoms with van der Waals surface area (Å²) >= 11 is 1.78. The van der Waals surface area contributed by atoms with Crippen LogP contribution in [0.1, 0.15) is 29.9 Å². The fourth-order valence-corrected chi connectivity index (χ4v) is 1.96. The zero-order valence-electron chi connectivity index (χ0n) is 8.43. The van der Waals surface area contributed by atoms with Crippen LogP contribution in [0.25, 0.3) is 0 Å². The summed E-state index contributed by atoms with van der Waals surface area (Å²) < 4.78 is 1.82. The van der Waals surface area contributed by atoms with Crippen molar-refractivity contribution in [1.82, 2.24) is 4.57 Å². The number of thioether (sulfide) groups is 1. The van der Waals surface area contributed by atoms with Crippen LogP contribution in [0.4, 0.5) is 0 Å². The Hall–Kier alpha value is -0.900. The minimum atomic E-state index is -0.856. The topological polar surface area (TPSA) is 42.2 Å². The van der Waals surface area contributed by atoms with E-state index in [0.29, 0.717) is 5.69 Å². The number of carboxylic acid groups (broad SMARTS) is 1. The number of carbonyl (C=O) groups is 1. The maximum Gasteiger partial charge on any atom is 0.352 e. The molecule has 1 rings (SSSR count). The van der Waals surface area contributed by atoms with Gasteiger partial charge in [-0.3, -0.25) is 0 Å². The van der Waals surface area contributed by atoms with Crippen LogP contribution in [0.15, 0.2) is 18.3 Å². The smallest absolute Gasteiger partial charge is 0.352 e. The van der Waals surface area contributed by atoms with Crippen molar-refractivity contribution in [1.29, 1.82) is 0 Å². The Balaban J connectivity index is 2.73. The summed E-state index contributed by atoms with van der Waals surface area (Å²) in [7, 11) is 0. The predicted octanol–water partition coefficient (Wildman–Crippen LogP) is 2.50. The monoisotopic (exact) mass is 213 g/mol. The second-order valence-corrected chi connectivity index (χ2v) is 4.22. The summed E-state index contributed by atoms with van der Waals surface area (Å²) in [6, 6.07) is 3.67. The molecule has 1 aromatic rings. The summed E-state index contributed by atoms with van der Waals surface area (Å²) in [5.41, 5.74) is 0.374. The van der Waals surface area contributed by atoms with E-state index in [1.54, 1.807) is 23.9 Å². The first-order valence-corrected chi connectivity index (χ1v) is 5.95. The average Bonchev–Trinajstić information content (AvgIpc) is 2.62. The number of aromatic nitrogens is 1. The predicted molar refractivity (Wildman–Crippen MR) is 59.1 cm³/mol. The zero-order valence-corrected chi connectivity index (χ0v) is 9.25. The molecule has 0 aliphatic carbocycles. The fraction of sp³-hybridized carbons (Fsp3) is 0.500. The Labute approximate surface area is 88.1 Å². The third-order valence-electron chi connectivity index (χ3n) is 2.21. The highest BCUT2D eigenvalue weighted by molar-refractivity contribution is 7.98. The van der Waals surface area contributed by atoms with Gasteiger partial charge in [0, 0.05) is 12.2 Å². The number of nitrogens with zero attached hydrogens (tertiary/aromatic N) is 1. The Bertz CT molecular complexity index is 309. The lowest BCUT2D eigenvalue weighted by Crippen LogP contribution is -2.12. The summed E-state index contributed by atoms with van der Waals surface area (Å²) in [6.07, 6.45) is 4.88. The highest BCUT2D eigenvalue weighted by Gasteiger charge is 2.12. The van der Waals surface area contributed by atoms with E-state index in [9.17, 15) is 4.79 Å². The maximum atomic E-state index is 10.8. The highest BCUT2D eigenvalue weighted by Crippen LogP contribution is 2.16. The Kier molecular flexibility index (Phi) is 4.07. The summed E-state index contributed by atoms with van der Waals surface area (Å²) in [4.78, 5) is 10.8. The van der Waals surface area contributed by atoms with Gasteiger partial charge in [0.05, 0.1) is 0 Å². The molecule has 0 amide bonds. The molecule has 1 N–H and O–H groups in total. The van der Waals surface area contributed by atoms with Crippen LogP contribution in [0.3, 0.4) is 0 Å². The van der Waals surface area contributed by atoms with Crippen molar-refractivity contribution in [3.8, 4) is 0 Å². The second-order valence-electron chi connectivity index (χ2n) is 3.24. The van der Waals surface area contributed by atoms with Crippen molar-refractivity contribution in [2.24, 2.45) is 0 Å². The molecule has 1 unspecified atom stereocenters. The SMILES string of the molecule is CSCCC(C)n1cccc1C(=O)O. The first-order chi connectivity index (χ1) is 6.66. The lowest BCUT2D eigenvalue weighted by Gasteiger charge is -2.14. The molecular weight excluding hydrogens is 198 g/mol. The molecule has 14 heavy (non-hydrogen) atoms. The summed E-state index contributed by atoms with van der Waals surface area (Å²) in [5.74, 6) is 0.198. The Morgan fingerprint density at radius 2 is 2.43 bits per heavy atom. The van der Waals surface area contributed by atoms with Crippen molar-refractivity contribution >= 4 is 17.7 Å². The average molecular weight is 213 g/mol. The molecule has 1 heterocycles. The maximum absolute atomic E-state index is 10.8. The van der Waals surface area contributed by atoms with Gasteiger partial charge < -0.3 is 9.67 Å². The molecule has 0 spiro atoms. The first-order valence-electron chi connectivity index (χ1n) is 4.56. The number of rotatable bonds is 5. The van der Waals surface area contributed by atoms with Crippen molar-refractivity contribution in [2.75, 3.05) is 12.0 Å². The van der Waals surface area contributed by atoms with Gasteiger partial charge in [-0.1, -0.05) is 0 Å². The number of hydrogen-bond acceptors (Lipinski definition) is 2. The molecule has 1 atom stereocenters. The van der Waals surface area contributed by atoms with Crippen LogP contribution in [0, 0.1) is 0 Å². The molecule has 0 aliphatic heterocycles. The quantitative estimate of drug-likeness (QED) is 0.817. The van der Waals surface area contributed by atoms with Gasteiger partial charge >= 0.3 is 5.97 Å². The minimum Gasteiger partial charge on any atom is -0.477 e. The molecule has 0 saturated heterocycles. The summed E-state index contributed by atoms with van der Waals surface area (Å²) in [6.45, 7) is 2.04. The van der Waals surface area contributed by atoms with E-state index in [0.717, 1.165) is 12.2 Å². The van der Waals surface area contributed by atoms with E-state index >= 15 is 0 Å². The van der Waals surface area contributed by atoms with Gasteiger partial charge in [-0.05, 0) is 37.5 Å². The van der Waals surface area contributed by atoms with Crippen LogP contribution in [0.5, 0.6) is 0 Å². The standard InChI is InChI=1S/C10H15NO2S/c1-8(5-7-14-2)11-6-3-4-9(11)10(12)13/h3-4,6,8H,5,7H2,1-2H3,(H,12,13). The molecule has 78 valence electrons. The van der Waals surface area contributed by atoms with Gasteiger partial charge in [0.1, 0.15) is 5.69 Å². The van der Waals surface area contributed by atoms with E-state index in [-0.39, 0.29) is 6.04 Å². The largest absolute Gasteiger partial charge is 0.477 e. The molecule has 0 bridgehead atoms. The summed E-state index contributed by atoms with van der Waals surface area (Å²) in [5, 5.41) is 8.90. The zero-order chi connectivity index (χ0) is 10.6. The second kappa shape index (κ2) is 5.10. The molecule has 0 fully saturated rings. The van der Waals surface area contributed by atoms with E-state index in [1.165, 1.54) is 0 Å². The molecule has 3 nitrogen and oxygen atoms in total.